The molecule has 0 bridgehead atoms. The molecule has 0 amide bonds. The van der Waals surface area contributed by atoms with Gasteiger partial charge in [-0.25, -0.2) is 9.98 Å². The summed E-state index contributed by atoms with van der Waals surface area (Å²) in [6.07, 6.45) is 3.84. The lowest BCUT2D eigenvalue weighted by Crippen LogP contribution is -2.38. The molecule has 2 atom stereocenters. The highest BCUT2D eigenvalue weighted by Gasteiger charge is 2.39. The van der Waals surface area contributed by atoms with E-state index < -0.39 is 0 Å². The monoisotopic (exact) mass is 429 g/mol. The first kappa shape index (κ1) is 19.7. The Kier molecular flexibility index (Phi) is 5.00. The van der Waals surface area contributed by atoms with Crippen molar-refractivity contribution in [3.05, 3.63) is 67.3 Å². The first-order valence-electron chi connectivity index (χ1n) is 9.26. The van der Waals surface area contributed by atoms with Gasteiger partial charge in [-0.3, -0.25) is 4.79 Å². The number of aliphatic imine (C=N–C) groups is 1. The second-order valence-electron chi connectivity index (χ2n) is 7.42. The number of nitrogens with one attached hydrogen (secondary N) is 2. The molecule has 1 aliphatic heterocycles. The number of H-pyrrole nitrogens is 1. The fourth-order valence-corrected chi connectivity index (χ4v) is 4.03. The van der Waals surface area contributed by atoms with Crippen LogP contribution in [0.15, 0.2) is 39.6 Å². The van der Waals surface area contributed by atoms with Crippen LogP contribution in [0, 0.1) is 0 Å². The summed E-state index contributed by atoms with van der Waals surface area (Å²) in [6.45, 7) is 5.95. The van der Waals surface area contributed by atoms with Gasteiger partial charge in [0.1, 0.15) is 5.82 Å². The van der Waals surface area contributed by atoms with Crippen molar-refractivity contribution in [1.82, 2.24) is 14.9 Å². The highest BCUT2D eigenvalue weighted by atomic mass is 35.5. The molecule has 2 aromatic rings. The summed E-state index contributed by atoms with van der Waals surface area (Å²) in [7, 11) is 1.89. The lowest BCUT2D eigenvalue weighted by Gasteiger charge is -2.28. The third kappa shape index (κ3) is 3.36. The number of aromatic amines is 1. The van der Waals surface area contributed by atoms with Crippen molar-refractivity contribution < 1.29 is 0 Å². The number of anilines is 1. The smallest absolute Gasteiger partial charge is 0.257 e. The van der Waals surface area contributed by atoms with Crippen molar-refractivity contribution in [2.75, 3.05) is 12.4 Å². The van der Waals surface area contributed by atoms with Crippen LogP contribution in [0.25, 0.3) is 11.6 Å². The second-order valence-corrected chi connectivity index (χ2v) is 8.23. The number of allylic oxidation sites excluding steroid dienone is 2. The van der Waals surface area contributed by atoms with E-state index in [1.807, 2.05) is 44.9 Å². The highest BCUT2D eigenvalue weighted by Crippen LogP contribution is 2.37. The van der Waals surface area contributed by atoms with E-state index in [4.69, 9.17) is 28.2 Å². The van der Waals surface area contributed by atoms with E-state index in [-0.39, 0.29) is 17.6 Å². The number of para-hydroxylation sites is 1. The molecule has 29 heavy (non-hydrogen) atoms. The predicted molar refractivity (Wildman–Crippen MR) is 120 cm³/mol. The number of nitrogens with zero attached hydrogens (tertiary/aromatic N) is 3. The van der Waals surface area contributed by atoms with Crippen molar-refractivity contribution in [3.8, 4) is 0 Å². The van der Waals surface area contributed by atoms with E-state index in [9.17, 15) is 4.79 Å². The Bertz CT molecular complexity index is 1120. The number of hydrogen-bond acceptors (Lipinski definition) is 5. The molecule has 6 nitrogen and oxygen atoms in total. The van der Waals surface area contributed by atoms with E-state index in [2.05, 4.69) is 15.3 Å². The minimum absolute atomic E-state index is 0.149. The molecular formula is C21H21Cl2N5O. The highest BCUT2D eigenvalue weighted by molar-refractivity contribution is 6.39. The van der Waals surface area contributed by atoms with Crippen LogP contribution in [-0.4, -0.2) is 33.9 Å². The maximum atomic E-state index is 13.0. The Morgan fingerprint density at radius 2 is 1.90 bits per heavy atom. The molecule has 150 valence electrons. The van der Waals surface area contributed by atoms with Crippen LogP contribution in [-0.2, 0) is 0 Å². The number of hydrogen-bond donors (Lipinski definition) is 2. The van der Waals surface area contributed by atoms with Gasteiger partial charge < -0.3 is 15.2 Å². The Morgan fingerprint density at radius 1 is 1.21 bits per heavy atom. The second kappa shape index (κ2) is 7.35. The normalized spacial score (nSPS) is 19.5. The first-order valence-corrected chi connectivity index (χ1v) is 10.0. The lowest BCUT2D eigenvalue weighted by atomic mass is 9.93. The fraction of sp³-hybridized carbons (Fsp3) is 0.286. The Hall–Kier alpha value is -2.57. The van der Waals surface area contributed by atoms with E-state index in [1.165, 1.54) is 0 Å². The summed E-state index contributed by atoms with van der Waals surface area (Å²) >= 11 is 12.6. The number of halogens is 2. The zero-order chi connectivity index (χ0) is 20.9. The first-order chi connectivity index (χ1) is 13.8. The van der Waals surface area contributed by atoms with Crippen molar-refractivity contribution in [2.45, 2.75) is 32.9 Å². The molecule has 8 heteroatoms. The quantitative estimate of drug-likeness (QED) is 0.722. The van der Waals surface area contributed by atoms with Crippen LogP contribution in [0.1, 0.15) is 43.9 Å². The molecule has 2 unspecified atom stereocenters. The molecule has 0 fully saturated rings. The molecule has 1 aliphatic carbocycles. The van der Waals surface area contributed by atoms with Gasteiger partial charge in [-0.2, -0.15) is 0 Å². The number of rotatable bonds is 2. The molecule has 4 rings (SSSR count). The summed E-state index contributed by atoms with van der Waals surface area (Å²) in [4.78, 5) is 27.3. The van der Waals surface area contributed by atoms with Crippen molar-refractivity contribution in [3.63, 3.8) is 0 Å². The minimum Gasteiger partial charge on any atom is -0.336 e. The van der Waals surface area contributed by atoms with Crippen LogP contribution in [0.2, 0.25) is 10.0 Å². The average molecular weight is 430 g/mol. The molecule has 0 radical (unpaired) electrons. The molecule has 1 aromatic heterocycles. The van der Waals surface area contributed by atoms with E-state index in [0.29, 0.717) is 38.8 Å². The molecule has 2 heterocycles. The predicted octanol–water partition coefficient (Wildman–Crippen LogP) is 4.74. The van der Waals surface area contributed by atoms with Gasteiger partial charge in [-0.05, 0) is 44.6 Å². The largest absolute Gasteiger partial charge is 0.336 e. The van der Waals surface area contributed by atoms with Crippen molar-refractivity contribution in [1.29, 1.82) is 0 Å². The molecule has 0 saturated carbocycles. The van der Waals surface area contributed by atoms with Gasteiger partial charge in [0.2, 0.25) is 0 Å². The summed E-state index contributed by atoms with van der Waals surface area (Å²) in [6, 6.07) is 4.85. The fourth-order valence-electron chi connectivity index (χ4n) is 3.54. The Morgan fingerprint density at radius 3 is 2.55 bits per heavy atom. The van der Waals surface area contributed by atoms with Gasteiger partial charge in [0.05, 0.1) is 39.1 Å². The average Bonchev–Trinajstić information content (AvgIpc) is 2.99. The van der Waals surface area contributed by atoms with Crippen LogP contribution < -0.4 is 10.9 Å². The topological polar surface area (TPSA) is 73.4 Å². The summed E-state index contributed by atoms with van der Waals surface area (Å²) < 4.78 is 0. The summed E-state index contributed by atoms with van der Waals surface area (Å²) in [5.41, 5.74) is 3.79. The zero-order valence-electron chi connectivity index (χ0n) is 16.5. The Labute approximate surface area is 179 Å². The van der Waals surface area contributed by atoms with Gasteiger partial charge in [-0.1, -0.05) is 40.9 Å². The van der Waals surface area contributed by atoms with Crippen LogP contribution in [0.5, 0.6) is 0 Å². The van der Waals surface area contributed by atoms with Crippen molar-refractivity contribution >= 4 is 46.5 Å². The molecule has 2 aliphatic rings. The molecule has 1 aromatic carbocycles. The molecular weight excluding hydrogens is 409 g/mol. The number of likely N-dealkylation sites (N-methyl/N-ethyl adjacent to an activating group) is 1. The van der Waals surface area contributed by atoms with Crippen LogP contribution in [0.4, 0.5) is 5.69 Å². The third-order valence-electron chi connectivity index (χ3n) is 5.38. The summed E-state index contributed by atoms with van der Waals surface area (Å²) in [5, 5.41) is 4.22. The number of benzene rings is 1. The maximum absolute atomic E-state index is 13.0. The molecule has 0 spiro atoms. The van der Waals surface area contributed by atoms with Gasteiger partial charge in [-0.15, -0.1) is 0 Å². The zero-order valence-corrected chi connectivity index (χ0v) is 18.1. The Balaban J connectivity index is 1.71. The standard InChI is InChI=1S/C21H21Cl2N5O/c1-10(2)11(3)19-24-14-8-9-15-18(16(14)20(29)27-19)28(4)21(25-15)26-17-12(22)6-5-7-13(17)23/h5-9,15,18H,1-4H3,(H,25,26)(H,24,27,29). The number of fused-ring (bicyclic) bond motifs is 3. The van der Waals surface area contributed by atoms with Crippen LogP contribution >= 0.6 is 23.2 Å². The van der Waals surface area contributed by atoms with Gasteiger partial charge in [0, 0.05) is 7.05 Å². The lowest BCUT2D eigenvalue weighted by molar-refractivity contribution is 0.378. The van der Waals surface area contributed by atoms with Crippen molar-refractivity contribution in [2.24, 2.45) is 4.99 Å². The number of aromatic nitrogens is 2. The van der Waals surface area contributed by atoms with Crippen LogP contribution in [0.3, 0.4) is 0 Å². The van der Waals surface area contributed by atoms with E-state index in [0.717, 1.165) is 11.1 Å². The van der Waals surface area contributed by atoms with Gasteiger partial charge >= 0.3 is 0 Å². The minimum atomic E-state index is -0.254. The van der Waals surface area contributed by atoms with E-state index in [1.54, 1.807) is 18.2 Å². The number of guanidine groups is 1. The van der Waals surface area contributed by atoms with Gasteiger partial charge in [0.25, 0.3) is 5.56 Å². The van der Waals surface area contributed by atoms with E-state index >= 15 is 0 Å². The molecule has 0 saturated heterocycles. The SMILES string of the molecule is CC(C)=C(C)c1nc2c(c(=O)[nH]1)C1C(C=C2)N=C(Nc2c(Cl)cccc2Cl)N1C. The molecule has 2 N–H and O–H groups in total. The maximum Gasteiger partial charge on any atom is 0.257 e. The summed E-state index contributed by atoms with van der Waals surface area (Å²) in [5.74, 6) is 1.19. The van der Waals surface area contributed by atoms with Gasteiger partial charge in [0.15, 0.2) is 5.96 Å². The third-order valence-corrected chi connectivity index (χ3v) is 6.01.